The maximum atomic E-state index is 8.53. The smallest absolute Gasteiger partial charge is 0.871 e. The Morgan fingerprint density at radius 3 is 0.364 bits per heavy atom. The van der Waals surface area contributed by atoms with Gasteiger partial charge in [0.05, 0.1) is 7.32 Å². The van der Waals surface area contributed by atoms with E-state index in [9.17, 15) is 0 Å². The van der Waals surface area contributed by atoms with Gasteiger partial charge in [-0.05, 0) is 0 Å². The molecule has 0 heterocycles. The predicted molar refractivity (Wildman–Crippen MR) is 57.6 cm³/mol. The molecule has 0 atom stereocenters. The Morgan fingerprint density at radius 1 is 0.364 bits per heavy atom. The molecule has 13 N–H and O–H groups in total. The van der Waals surface area contributed by atoms with Gasteiger partial charge in [0.15, 0.2) is 0 Å². The van der Waals surface area contributed by atoms with Crippen molar-refractivity contribution >= 4 is 36.6 Å². The molecule has 0 unspecified atom stereocenters. The topological polar surface area (TPSA) is 309 Å². The van der Waals surface area contributed by atoms with E-state index in [-0.39, 0.29) is 103 Å². The zero-order valence-corrected chi connectivity index (χ0v) is 17.8. The van der Waals surface area contributed by atoms with Gasteiger partial charge in [-0.3, -0.25) is 0 Å². The van der Waals surface area contributed by atoms with E-state index in [1.165, 1.54) is 0 Å². The summed E-state index contributed by atoms with van der Waals surface area (Å²) in [6.07, 6.45) is 0. The van der Waals surface area contributed by atoms with Gasteiger partial charge in [0.1, 0.15) is 0 Å². The third-order valence-corrected chi connectivity index (χ3v) is 0. The minimum atomic E-state index is -2.67. The second-order valence-electron chi connectivity index (χ2n) is 1.69. The summed E-state index contributed by atoms with van der Waals surface area (Å²) in [6.45, 7) is 0. The summed E-state index contributed by atoms with van der Waals surface area (Å²) in [7, 11) is -11.3. The van der Waals surface area contributed by atoms with E-state index in [1.807, 2.05) is 0 Å². The van der Waals surface area contributed by atoms with Crippen molar-refractivity contribution in [3.05, 3.63) is 0 Å². The molecule has 0 rings (SSSR count). The molecule has 0 aliphatic heterocycles. The van der Waals surface area contributed by atoms with E-state index in [1.54, 1.807) is 0 Å². The zero-order chi connectivity index (χ0) is 17.9. The predicted octanol–water partition coefficient (Wildman–Crippen LogP) is -17.5. The standard InChI is InChI=1S/4BH3O3.BHO3.2K/c5*2-1(3)4;;/h4*2-4H;2H;;/q;;;;-2;2*+1. The molecule has 0 saturated carbocycles. The van der Waals surface area contributed by atoms with Crippen molar-refractivity contribution in [1.82, 2.24) is 0 Å². The summed E-state index contributed by atoms with van der Waals surface area (Å²) < 4.78 is 0. The first kappa shape index (κ1) is 44.4. The average molecular weight is 385 g/mol. The molecule has 15 nitrogen and oxygen atoms in total. The van der Waals surface area contributed by atoms with Gasteiger partial charge < -0.3 is 75.4 Å². The van der Waals surface area contributed by atoms with Crippen LogP contribution in [0.15, 0.2) is 0 Å². The van der Waals surface area contributed by atoms with Crippen LogP contribution in [0.1, 0.15) is 0 Å². The van der Waals surface area contributed by atoms with Crippen LogP contribution >= 0.6 is 0 Å². The van der Waals surface area contributed by atoms with Gasteiger partial charge in [-0.2, -0.15) is 0 Å². The van der Waals surface area contributed by atoms with Crippen molar-refractivity contribution in [3.8, 4) is 0 Å². The molecule has 0 aromatic heterocycles. The first-order valence-corrected chi connectivity index (χ1v) is 3.83. The van der Waals surface area contributed by atoms with Crippen LogP contribution < -0.4 is 113 Å². The van der Waals surface area contributed by atoms with Crippen molar-refractivity contribution in [2.45, 2.75) is 0 Å². The first-order chi connectivity index (χ1) is 8.66. The number of hydrogen-bond acceptors (Lipinski definition) is 15. The summed E-state index contributed by atoms with van der Waals surface area (Å²) in [5.74, 6) is 0. The van der Waals surface area contributed by atoms with Crippen LogP contribution in [0.4, 0.5) is 0 Å². The van der Waals surface area contributed by atoms with Gasteiger partial charge in [-0.25, -0.2) is 0 Å². The van der Waals surface area contributed by atoms with E-state index in [0.717, 1.165) is 0 Å². The van der Waals surface area contributed by atoms with E-state index in [4.69, 9.17) is 75.4 Å². The first-order valence-electron chi connectivity index (χ1n) is 3.83. The average Bonchev–Trinajstić information content (AvgIpc) is 1.94. The van der Waals surface area contributed by atoms with Crippen LogP contribution in [0.3, 0.4) is 0 Å². The molecule has 0 radical (unpaired) electrons. The van der Waals surface area contributed by atoms with Crippen LogP contribution in [0.2, 0.25) is 0 Å². The minimum absolute atomic E-state index is 0. The van der Waals surface area contributed by atoms with E-state index < -0.39 is 36.6 Å². The zero-order valence-electron chi connectivity index (χ0n) is 11.5. The summed E-state index contributed by atoms with van der Waals surface area (Å²) in [5, 5.41) is 110. The molecule has 0 aromatic carbocycles. The maximum Gasteiger partial charge on any atom is 1.00 e. The van der Waals surface area contributed by atoms with E-state index in [0.29, 0.717) is 0 Å². The molecule has 0 aliphatic rings. The molecule has 22 heteroatoms. The molecule has 0 aliphatic carbocycles. The summed E-state index contributed by atoms with van der Waals surface area (Å²) >= 11 is 0. The van der Waals surface area contributed by atoms with Crippen LogP contribution in [0, 0.1) is 0 Å². The Morgan fingerprint density at radius 2 is 0.364 bits per heavy atom. The Labute approximate surface area is 211 Å². The van der Waals surface area contributed by atoms with Crippen molar-refractivity contribution in [1.29, 1.82) is 0 Å². The summed E-state index contributed by atoms with van der Waals surface area (Å²) in [5.41, 5.74) is 0. The fourth-order valence-corrected chi connectivity index (χ4v) is 0. The molecule has 0 fully saturated rings. The van der Waals surface area contributed by atoms with Crippen molar-refractivity contribution in [2.24, 2.45) is 0 Å². The molecule has 120 valence electrons. The fourth-order valence-electron chi connectivity index (χ4n) is 0. The van der Waals surface area contributed by atoms with Crippen LogP contribution in [-0.2, 0) is 0 Å². The van der Waals surface area contributed by atoms with Gasteiger partial charge in [0.2, 0.25) is 0 Å². The molecule has 22 heavy (non-hydrogen) atoms. The Balaban J connectivity index is -0.0000000250. The second-order valence-corrected chi connectivity index (χ2v) is 1.69. The minimum Gasteiger partial charge on any atom is -0.871 e. The Hall–Kier alpha value is 3.00. The van der Waals surface area contributed by atoms with Crippen molar-refractivity contribution in [3.63, 3.8) is 0 Å². The van der Waals surface area contributed by atoms with Gasteiger partial charge in [-0.15, -0.1) is 0 Å². The van der Waals surface area contributed by atoms with Crippen molar-refractivity contribution in [2.75, 3.05) is 0 Å². The van der Waals surface area contributed by atoms with E-state index in [2.05, 4.69) is 0 Å². The molecular weight excluding hydrogens is 372 g/mol. The van der Waals surface area contributed by atoms with Gasteiger partial charge in [0.25, 0.3) is 0 Å². The number of hydrogen-bond donors (Lipinski definition) is 13. The van der Waals surface area contributed by atoms with Crippen LogP contribution in [-0.4, -0.2) is 102 Å². The largest absolute Gasteiger partial charge is 1.00 e. The third kappa shape index (κ3) is 1240. The molecule has 0 aromatic rings. The molecule has 0 saturated heterocycles. The van der Waals surface area contributed by atoms with Gasteiger partial charge >= 0.3 is 132 Å². The summed E-state index contributed by atoms with van der Waals surface area (Å²) in [6, 6.07) is 0. The quantitative estimate of drug-likeness (QED) is 0.172. The molecular formula is H13B5K2O15. The van der Waals surface area contributed by atoms with Crippen LogP contribution in [0.25, 0.3) is 0 Å². The van der Waals surface area contributed by atoms with Gasteiger partial charge in [0, 0.05) is 0 Å². The fraction of sp³-hybridized carbons (Fsp3) is 0. The molecule has 0 spiro atoms. The molecule has 0 bridgehead atoms. The maximum absolute atomic E-state index is 8.53. The van der Waals surface area contributed by atoms with Gasteiger partial charge in [-0.1, -0.05) is 0 Å². The molecule has 0 amide bonds. The SMILES string of the molecule is OB(O)O.OB(O)O.OB(O)O.OB(O)O.[K+].[K+].[O-]B([O-])O. The second kappa shape index (κ2) is 39.2. The van der Waals surface area contributed by atoms with Crippen LogP contribution in [0.5, 0.6) is 0 Å². The van der Waals surface area contributed by atoms with E-state index >= 15 is 0 Å². The van der Waals surface area contributed by atoms with Crippen molar-refractivity contribution < 1.29 is 178 Å². The summed E-state index contributed by atoms with van der Waals surface area (Å²) in [4.78, 5) is 0. The Kier molecular flexibility index (Phi) is 79.2. The normalized spacial score (nSPS) is 6.14. The Bertz CT molecular complexity index is 84.5. The number of rotatable bonds is 0. The third-order valence-electron chi connectivity index (χ3n) is 0. The monoisotopic (exact) mass is 386 g/mol.